The van der Waals surface area contributed by atoms with Crippen LogP contribution in [0.5, 0.6) is 11.5 Å². The number of rotatable bonds is 0. The van der Waals surface area contributed by atoms with Crippen LogP contribution in [0.15, 0.2) is 24.3 Å². The second kappa shape index (κ2) is 3.22. The zero-order valence-electron chi connectivity index (χ0n) is 9.81. The third kappa shape index (κ3) is 1.21. The lowest BCUT2D eigenvalue weighted by atomic mass is 10.1. The smallest absolute Gasteiger partial charge is 0.118 e. The molecule has 5 heteroatoms. The number of fused-ring (bicyclic) bond motifs is 3. The number of aryl methyl sites for hydroxylation is 1. The molecule has 0 spiro atoms. The summed E-state index contributed by atoms with van der Waals surface area (Å²) in [6.45, 7) is 0. The fraction of sp³-hybridized carbons (Fsp3) is 0.0769. The molecule has 0 radical (unpaired) electrons. The molecule has 1 heterocycles. The fourth-order valence-electron chi connectivity index (χ4n) is 2.55. The van der Waals surface area contributed by atoms with Gasteiger partial charge in [-0.05, 0) is 12.1 Å². The predicted molar refractivity (Wildman–Crippen MR) is 72.6 cm³/mol. The van der Waals surface area contributed by atoms with Gasteiger partial charge in [-0.25, -0.2) is 0 Å². The molecule has 5 nitrogen and oxygen atoms in total. The lowest BCUT2D eigenvalue weighted by molar-refractivity contribution is 0.475. The molecule has 1 aromatic heterocycles. The number of hydrogen-bond donors (Lipinski definition) is 4. The molecule has 6 N–H and O–H groups in total. The SMILES string of the molecule is Cn1c2c(N)cc(O)cc2c2cc(O)cc(N)c21. The van der Waals surface area contributed by atoms with Gasteiger partial charge in [0.2, 0.25) is 0 Å². The average Bonchev–Trinajstić information content (AvgIpc) is 2.52. The van der Waals surface area contributed by atoms with Crippen LogP contribution in [-0.2, 0) is 7.05 Å². The summed E-state index contributed by atoms with van der Waals surface area (Å²) < 4.78 is 1.87. The highest BCUT2D eigenvalue weighted by molar-refractivity contribution is 6.15. The third-order valence-corrected chi connectivity index (χ3v) is 3.21. The molecular formula is C13H13N3O2. The van der Waals surface area contributed by atoms with Gasteiger partial charge in [-0.15, -0.1) is 0 Å². The van der Waals surface area contributed by atoms with Gasteiger partial charge in [-0.2, -0.15) is 0 Å². The van der Waals surface area contributed by atoms with E-state index < -0.39 is 0 Å². The molecule has 92 valence electrons. The predicted octanol–water partition coefficient (Wildman–Crippen LogP) is 1.91. The molecule has 0 fully saturated rings. The first-order chi connectivity index (χ1) is 8.49. The molecular weight excluding hydrogens is 230 g/mol. The van der Waals surface area contributed by atoms with Crippen LogP contribution in [0.25, 0.3) is 21.8 Å². The van der Waals surface area contributed by atoms with Crippen LogP contribution in [0.2, 0.25) is 0 Å². The first-order valence-corrected chi connectivity index (χ1v) is 5.48. The first-order valence-electron chi connectivity index (χ1n) is 5.48. The monoisotopic (exact) mass is 243 g/mol. The van der Waals surface area contributed by atoms with Gasteiger partial charge in [0.1, 0.15) is 11.5 Å². The van der Waals surface area contributed by atoms with E-state index in [9.17, 15) is 10.2 Å². The molecule has 0 bridgehead atoms. The van der Waals surface area contributed by atoms with E-state index in [1.165, 1.54) is 12.1 Å². The summed E-state index contributed by atoms with van der Waals surface area (Å²) in [6, 6.07) is 6.23. The third-order valence-electron chi connectivity index (χ3n) is 3.21. The fourth-order valence-corrected chi connectivity index (χ4v) is 2.55. The number of benzene rings is 2. The van der Waals surface area contributed by atoms with Crippen molar-refractivity contribution in [3.8, 4) is 11.5 Å². The van der Waals surface area contributed by atoms with Crippen molar-refractivity contribution < 1.29 is 10.2 Å². The van der Waals surface area contributed by atoms with Gasteiger partial charge in [0.05, 0.1) is 22.4 Å². The Morgan fingerprint density at radius 2 is 1.22 bits per heavy atom. The Kier molecular flexibility index (Phi) is 1.90. The van der Waals surface area contributed by atoms with Gasteiger partial charge in [0.25, 0.3) is 0 Å². The number of aromatic hydroxyl groups is 2. The lowest BCUT2D eigenvalue weighted by Gasteiger charge is -2.03. The van der Waals surface area contributed by atoms with Crippen molar-refractivity contribution in [1.82, 2.24) is 4.57 Å². The Bertz CT molecular complexity index is 725. The molecule has 0 saturated heterocycles. The van der Waals surface area contributed by atoms with Gasteiger partial charge < -0.3 is 26.2 Å². The molecule has 0 saturated carbocycles. The van der Waals surface area contributed by atoms with E-state index in [0.717, 1.165) is 21.8 Å². The molecule has 3 aromatic rings. The van der Waals surface area contributed by atoms with Crippen LogP contribution in [0.3, 0.4) is 0 Å². The Hall–Kier alpha value is -2.56. The number of phenolic OH excluding ortho intramolecular Hbond substituents is 2. The number of aromatic nitrogens is 1. The summed E-state index contributed by atoms with van der Waals surface area (Å²) in [5.74, 6) is 0.184. The van der Waals surface area contributed by atoms with Crippen molar-refractivity contribution >= 4 is 33.2 Å². The molecule has 3 rings (SSSR count). The van der Waals surface area contributed by atoms with E-state index in [1.54, 1.807) is 12.1 Å². The zero-order chi connectivity index (χ0) is 13.0. The molecule has 0 aliphatic rings. The number of anilines is 2. The van der Waals surface area contributed by atoms with E-state index in [1.807, 2.05) is 11.6 Å². The number of nitrogen functional groups attached to an aromatic ring is 2. The normalized spacial score (nSPS) is 11.4. The van der Waals surface area contributed by atoms with Crippen LogP contribution >= 0.6 is 0 Å². The number of nitrogens with zero attached hydrogens (tertiary/aromatic N) is 1. The van der Waals surface area contributed by atoms with Gasteiger partial charge in [-0.1, -0.05) is 0 Å². The summed E-state index contributed by atoms with van der Waals surface area (Å²) in [5, 5.41) is 20.8. The Morgan fingerprint density at radius 1 is 0.833 bits per heavy atom. The summed E-state index contributed by atoms with van der Waals surface area (Å²) in [7, 11) is 1.85. The van der Waals surface area contributed by atoms with Crippen LogP contribution in [0.1, 0.15) is 0 Å². The summed E-state index contributed by atoms with van der Waals surface area (Å²) in [4.78, 5) is 0. The molecule has 0 unspecified atom stereocenters. The highest BCUT2D eigenvalue weighted by atomic mass is 16.3. The van der Waals surface area contributed by atoms with E-state index in [2.05, 4.69) is 0 Å². The number of phenols is 2. The Labute approximate surface area is 103 Å². The summed E-state index contributed by atoms with van der Waals surface area (Å²) in [6.07, 6.45) is 0. The van der Waals surface area contributed by atoms with Crippen molar-refractivity contribution in [2.45, 2.75) is 0 Å². The minimum absolute atomic E-state index is 0.0921. The number of nitrogens with two attached hydrogens (primary N) is 2. The Morgan fingerprint density at radius 3 is 1.61 bits per heavy atom. The maximum absolute atomic E-state index is 9.64. The number of hydrogen-bond acceptors (Lipinski definition) is 4. The maximum Gasteiger partial charge on any atom is 0.118 e. The van der Waals surface area contributed by atoms with Crippen LogP contribution in [0.4, 0.5) is 11.4 Å². The van der Waals surface area contributed by atoms with Crippen molar-refractivity contribution in [1.29, 1.82) is 0 Å². The van der Waals surface area contributed by atoms with Gasteiger partial charge >= 0.3 is 0 Å². The highest BCUT2D eigenvalue weighted by Gasteiger charge is 2.14. The van der Waals surface area contributed by atoms with Gasteiger partial charge in [0.15, 0.2) is 0 Å². The van der Waals surface area contributed by atoms with Crippen molar-refractivity contribution in [3.63, 3.8) is 0 Å². The lowest BCUT2D eigenvalue weighted by Crippen LogP contribution is -1.95. The molecule has 0 amide bonds. The molecule has 0 aliphatic carbocycles. The van der Waals surface area contributed by atoms with E-state index in [0.29, 0.717) is 11.4 Å². The highest BCUT2D eigenvalue weighted by Crippen LogP contribution is 2.38. The average molecular weight is 243 g/mol. The van der Waals surface area contributed by atoms with Crippen molar-refractivity contribution in [2.75, 3.05) is 11.5 Å². The molecule has 0 aliphatic heterocycles. The van der Waals surface area contributed by atoms with E-state index in [4.69, 9.17) is 11.5 Å². The van der Waals surface area contributed by atoms with Crippen LogP contribution in [-0.4, -0.2) is 14.8 Å². The largest absolute Gasteiger partial charge is 0.508 e. The standard InChI is InChI=1S/C13H13N3O2/c1-16-12-8(2-6(17)4-10(12)14)9-3-7(18)5-11(15)13(9)16/h2-5,17-18H,14-15H2,1H3. The first kappa shape index (κ1) is 10.6. The quantitative estimate of drug-likeness (QED) is 0.453. The minimum atomic E-state index is 0.0921. The minimum Gasteiger partial charge on any atom is -0.508 e. The molecule has 2 aromatic carbocycles. The maximum atomic E-state index is 9.64. The zero-order valence-corrected chi connectivity index (χ0v) is 9.81. The van der Waals surface area contributed by atoms with Crippen LogP contribution in [0, 0.1) is 0 Å². The van der Waals surface area contributed by atoms with Crippen LogP contribution < -0.4 is 11.5 Å². The summed E-state index contributed by atoms with van der Waals surface area (Å²) in [5.41, 5.74) is 14.4. The molecule has 18 heavy (non-hydrogen) atoms. The second-order valence-electron chi connectivity index (χ2n) is 4.42. The van der Waals surface area contributed by atoms with Crippen molar-refractivity contribution in [2.24, 2.45) is 7.05 Å². The second-order valence-corrected chi connectivity index (χ2v) is 4.42. The topological polar surface area (TPSA) is 97.4 Å². The van der Waals surface area contributed by atoms with E-state index in [-0.39, 0.29) is 11.5 Å². The van der Waals surface area contributed by atoms with Gasteiger partial charge in [-0.3, -0.25) is 0 Å². The Balaban J connectivity index is 2.67. The van der Waals surface area contributed by atoms with E-state index >= 15 is 0 Å². The van der Waals surface area contributed by atoms with Gasteiger partial charge in [0, 0.05) is 30.0 Å². The van der Waals surface area contributed by atoms with Crippen molar-refractivity contribution in [3.05, 3.63) is 24.3 Å². The molecule has 0 atom stereocenters. The summed E-state index contributed by atoms with van der Waals surface area (Å²) >= 11 is 0.